The van der Waals surface area contributed by atoms with E-state index in [2.05, 4.69) is 5.32 Å². The number of carboxylic acids is 1. The maximum Gasteiger partial charge on any atom is 0.329 e. The summed E-state index contributed by atoms with van der Waals surface area (Å²) in [6.45, 7) is 4.30. The van der Waals surface area contributed by atoms with Gasteiger partial charge < -0.3 is 10.4 Å². The van der Waals surface area contributed by atoms with Gasteiger partial charge in [0.25, 0.3) is 0 Å². The number of amides is 2. The highest BCUT2D eigenvalue weighted by Crippen LogP contribution is 2.32. The van der Waals surface area contributed by atoms with Crippen molar-refractivity contribution >= 4 is 17.7 Å². The summed E-state index contributed by atoms with van der Waals surface area (Å²) in [4.78, 5) is 25.3. The van der Waals surface area contributed by atoms with Gasteiger partial charge in [0.2, 0.25) is 0 Å². The van der Waals surface area contributed by atoms with Crippen molar-refractivity contribution in [3.05, 3.63) is 29.8 Å². The molecule has 0 saturated heterocycles. The fraction of sp³-hybridized carbons (Fsp3) is 0.467. The zero-order chi connectivity index (χ0) is 14.8. The maximum absolute atomic E-state index is 12.4. The summed E-state index contributed by atoms with van der Waals surface area (Å²) in [7, 11) is 0. The number of urea groups is 1. The number of hydrogen-bond acceptors (Lipinski definition) is 2. The number of carbonyl (C=O) groups is 2. The van der Waals surface area contributed by atoms with Crippen LogP contribution in [0.4, 0.5) is 10.5 Å². The van der Waals surface area contributed by atoms with E-state index < -0.39 is 11.5 Å². The molecule has 0 atom stereocenters. The molecule has 0 spiro atoms. The van der Waals surface area contributed by atoms with Crippen LogP contribution in [0, 0.1) is 6.92 Å². The average molecular weight is 276 g/mol. The minimum absolute atomic E-state index is 0.344. The van der Waals surface area contributed by atoms with Crippen molar-refractivity contribution in [3.8, 4) is 0 Å². The maximum atomic E-state index is 12.4. The third kappa shape index (κ3) is 2.48. The molecule has 0 aliphatic heterocycles. The number of para-hydroxylation sites is 1. The van der Waals surface area contributed by atoms with E-state index in [0.29, 0.717) is 19.4 Å². The van der Waals surface area contributed by atoms with Gasteiger partial charge in [-0.3, -0.25) is 4.90 Å². The Labute approximate surface area is 118 Å². The molecule has 1 aromatic rings. The predicted molar refractivity (Wildman–Crippen MR) is 76.9 cm³/mol. The fourth-order valence-corrected chi connectivity index (χ4v) is 2.48. The zero-order valence-corrected chi connectivity index (χ0v) is 11.8. The second kappa shape index (κ2) is 5.53. The van der Waals surface area contributed by atoms with Crippen molar-refractivity contribution in [2.45, 2.75) is 38.6 Å². The number of aryl methyl sites for hydroxylation is 1. The first kappa shape index (κ1) is 14.4. The Hall–Kier alpha value is -2.04. The lowest BCUT2D eigenvalue weighted by molar-refractivity contribution is -0.148. The Bertz CT molecular complexity index is 524. The molecule has 0 aromatic heterocycles. The lowest BCUT2D eigenvalue weighted by atomic mass is 9.77. The highest BCUT2D eigenvalue weighted by molar-refractivity contribution is 5.96. The van der Waals surface area contributed by atoms with E-state index in [0.717, 1.165) is 17.7 Å². The van der Waals surface area contributed by atoms with Crippen LogP contribution in [0.15, 0.2) is 24.3 Å². The third-order valence-electron chi connectivity index (χ3n) is 3.93. The molecule has 1 aliphatic carbocycles. The van der Waals surface area contributed by atoms with Crippen molar-refractivity contribution in [2.75, 3.05) is 11.4 Å². The Kier molecular flexibility index (Phi) is 3.97. The summed E-state index contributed by atoms with van der Waals surface area (Å²) in [5, 5.41) is 12.0. The highest BCUT2D eigenvalue weighted by atomic mass is 16.4. The van der Waals surface area contributed by atoms with E-state index in [-0.39, 0.29) is 6.03 Å². The van der Waals surface area contributed by atoms with E-state index in [1.54, 1.807) is 4.90 Å². The van der Waals surface area contributed by atoms with Gasteiger partial charge in [0, 0.05) is 12.2 Å². The Morgan fingerprint density at radius 2 is 2.00 bits per heavy atom. The number of benzene rings is 1. The number of carbonyl (C=O) groups excluding carboxylic acids is 1. The smallest absolute Gasteiger partial charge is 0.329 e. The molecule has 1 fully saturated rings. The Balaban J connectivity index is 2.18. The van der Waals surface area contributed by atoms with E-state index >= 15 is 0 Å². The number of anilines is 1. The molecule has 0 radical (unpaired) electrons. The molecule has 108 valence electrons. The second-order valence-electron chi connectivity index (χ2n) is 5.20. The molecule has 2 rings (SSSR count). The lowest BCUT2D eigenvalue weighted by Gasteiger charge is -2.39. The number of hydrogen-bond donors (Lipinski definition) is 2. The standard InChI is InChI=1S/C15H20N2O3/c1-3-17(12-8-5-4-7-11(12)2)14(20)16-15(13(18)19)9-6-10-15/h4-5,7-8H,3,6,9-10H2,1-2H3,(H,16,20)(H,18,19). The molecule has 1 aliphatic rings. The van der Waals surface area contributed by atoms with E-state index in [1.165, 1.54) is 0 Å². The molecule has 0 bridgehead atoms. The van der Waals surface area contributed by atoms with E-state index in [4.69, 9.17) is 0 Å². The van der Waals surface area contributed by atoms with Crippen molar-refractivity contribution < 1.29 is 14.7 Å². The summed E-state index contributed by atoms with van der Waals surface area (Å²) in [5.74, 6) is -0.946. The predicted octanol–water partition coefficient (Wildman–Crippen LogP) is 2.54. The highest BCUT2D eigenvalue weighted by Gasteiger charge is 2.46. The number of nitrogens with zero attached hydrogens (tertiary/aromatic N) is 1. The van der Waals surface area contributed by atoms with Crippen LogP contribution in [0.25, 0.3) is 0 Å². The minimum atomic E-state index is -1.08. The molecular weight excluding hydrogens is 256 g/mol. The molecule has 5 heteroatoms. The van der Waals surface area contributed by atoms with Crippen LogP contribution in [-0.2, 0) is 4.79 Å². The number of rotatable bonds is 4. The first-order valence-corrected chi connectivity index (χ1v) is 6.89. The molecule has 0 unspecified atom stereocenters. The average Bonchev–Trinajstić information content (AvgIpc) is 2.36. The van der Waals surface area contributed by atoms with Gasteiger partial charge in [-0.25, -0.2) is 9.59 Å². The van der Waals surface area contributed by atoms with Crippen molar-refractivity contribution in [1.82, 2.24) is 5.32 Å². The zero-order valence-electron chi connectivity index (χ0n) is 11.8. The SMILES string of the molecule is CCN(C(=O)NC1(C(=O)O)CCC1)c1ccccc1C. The van der Waals surface area contributed by atoms with Gasteiger partial charge in [-0.2, -0.15) is 0 Å². The lowest BCUT2D eigenvalue weighted by Crippen LogP contribution is -2.61. The fourth-order valence-electron chi connectivity index (χ4n) is 2.48. The summed E-state index contributed by atoms with van der Waals surface area (Å²) in [6, 6.07) is 7.24. The number of carboxylic acid groups (broad SMARTS) is 1. The Morgan fingerprint density at radius 1 is 1.35 bits per heavy atom. The molecule has 5 nitrogen and oxygen atoms in total. The van der Waals surface area contributed by atoms with Gasteiger partial charge in [-0.05, 0) is 44.7 Å². The van der Waals surface area contributed by atoms with Crippen LogP contribution in [0.3, 0.4) is 0 Å². The van der Waals surface area contributed by atoms with Crippen LogP contribution < -0.4 is 10.2 Å². The molecule has 1 saturated carbocycles. The molecule has 1 aromatic carbocycles. The van der Waals surface area contributed by atoms with Gasteiger partial charge in [-0.1, -0.05) is 18.2 Å². The largest absolute Gasteiger partial charge is 0.480 e. The van der Waals surface area contributed by atoms with Gasteiger partial charge in [0.1, 0.15) is 5.54 Å². The molecule has 2 N–H and O–H groups in total. The van der Waals surface area contributed by atoms with E-state index in [1.807, 2.05) is 38.1 Å². The first-order valence-electron chi connectivity index (χ1n) is 6.89. The normalized spacial score (nSPS) is 16.1. The summed E-state index contributed by atoms with van der Waals surface area (Å²) < 4.78 is 0. The molecule has 20 heavy (non-hydrogen) atoms. The minimum Gasteiger partial charge on any atom is -0.480 e. The van der Waals surface area contributed by atoms with Gasteiger partial charge in [0.15, 0.2) is 0 Å². The van der Waals surface area contributed by atoms with Crippen LogP contribution in [0.1, 0.15) is 31.7 Å². The molecule has 2 amide bonds. The van der Waals surface area contributed by atoms with Gasteiger partial charge in [0.05, 0.1) is 0 Å². The second-order valence-corrected chi connectivity index (χ2v) is 5.20. The van der Waals surface area contributed by atoms with Gasteiger partial charge in [-0.15, -0.1) is 0 Å². The van der Waals surface area contributed by atoms with Crippen molar-refractivity contribution in [1.29, 1.82) is 0 Å². The summed E-state index contributed by atoms with van der Waals surface area (Å²) >= 11 is 0. The van der Waals surface area contributed by atoms with Crippen molar-refractivity contribution in [2.24, 2.45) is 0 Å². The third-order valence-corrected chi connectivity index (χ3v) is 3.93. The summed E-state index contributed by atoms with van der Waals surface area (Å²) in [5.41, 5.74) is 0.725. The molecular formula is C15H20N2O3. The molecule has 0 heterocycles. The van der Waals surface area contributed by atoms with Crippen LogP contribution in [0.2, 0.25) is 0 Å². The van der Waals surface area contributed by atoms with Gasteiger partial charge >= 0.3 is 12.0 Å². The van der Waals surface area contributed by atoms with Crippen LogP contribution in [-0.4, -0.2) is 29.2 Å². The van der Waals surface area contributed by atoms with Crippen LogP contribution in [0.5, 0.6) is 0 Å². The number of nitrogens with one attached hydrogen (secondary N) is 1. The Morgan fingerprint density at radius 3 is 2.45 bits per heavy atom. The van der Waals surface area contributed by atoms with Crippen LogP contribution >= 0.6 is 0 Å². The topological polar surface area (TPSA) is 69.6 Å². The van der Waals surface area contributed by atoms with E-state index in [9.17, 15) is 14.7 Å². The van der Waals surface area contributed by atoms with Crippen molar-refractivity contribution in [3.63, 3.8) is 0 Å². The quantitative estimate of drug-likeness (QED) is 0.887. The monoisotopic (exact) mass is 276 g/mol. The first-order chi connectivity index (χ1) is 9.50. The summed E-state index contributed by atoms with van der Waals surface area (Å²) in [6.07, 6.45) is 1.84. The number of aliphatic carboxylic acids is 1.